The maximum Gasteiger partial charge on any atom is 0.321 e. The predicted octanol–water partition coefficient (Wildman–Crippen LogP) is 2.98. The molecule has 0 radical (unpaired) electrons. The summed E-state index contributed by atoms with van der Waals surface area (Å²) in [6.07, 6.45) is 1.82. The molecular formula is C17H20N2O3. The largest absolute Gasteiger partial charge is 0.461 e. The normalized spacial score (nSPS) is 27.4. The maximum atomic E-state index is 12.4. The molecule has 4 rings (SSSR count). The van der Waals surface area contributed by atoms with Gasteiger partial charge in [0.1, 0.15) is 11.3 Å². The highest BCUT2D eigenvalue weighted by molar-refractivity contribution is 5.92. The lowest BCUT2D eigenvalue weighted by Gasteiger charge is -2.35. The van der Waals surface area contributed by atoms with Gasteiger partial charge in [-0.15, -0.1) is 0 Å². The minimum absolute atomic E-state index is 0.0802. The first-order valence-corrected chi connectivity index (χ1v) is 7.84. The average Bonchev–Trinajstić information content (AvgIpc) is 2.92. The summed E-state index contributed by atoms with van der Waals surface area (Å²) in [4.78, 5) is 14.3. The molecule has 2 aliphatic rings. The van der Waals surface area contributed by atoms with Gasteiger partial charge < -0.3 is 19.7 Å². The number of hydrogen-bond acceptors (Lipinski definition) is 3. The molecule has 22 heavy (non-hydrogen) atoms. The highest BCUT2D eigenvalue weighted by atomic mass is 16.3. The summed E-state index contributed by atoms with van der Waals surface area (Å²) < 4.78 is 5.54. The Hall–Kier alpha value is -2.01. The molecule has 116 valence electrons. The Kier molecular flexibility index (Phi) is 3.11. The van der Waals surface area contributed by atoms with E-state index >= 15 is 0 Å². The zero-order valence-corrected chi connectivity index (χ0v) is 12.6. The third-order valence-electron chi connectivity index (χ3n) is 4.96. The van der Waals surface area contributed by atoms with Crippen LogP contribution < -0.4 is 5.32 Å². The zero-order chi connectivity index (χ0) is 15.3. The molecule has 2 heterocycles. The van der Waals surface area contributed by atoms with E-state index in [-0.39, 0.29) is 24.0 Å². The highest BCUT2D eigenvalue weighted by Gasteiger charge is 2.42. The number of aliphatic hydroxyl groups is 1. The molecular weight excluding hydrogens is 280 g/mol. The monoisotopic (exact) mass is 300 g/mol. The van der Waals surface area contributed by atoms with Crippen LogP contribution in [0.1, 0.15) is 18.6 Å². The molecule has 2 fully saturated rings. The zero-order valence-electron chi connectivity index (χ0n) is 12.6. The number of aliphatic hydroxyl groups excluding tert-OH is 1. The fraction of sp³-hybridized carbons (Fsp3) is 0.471. The number of hydrogen-bond donors (Lipinski definition) is 2. The summed E-state index contributed by atoms with van der Waals surface area (Å²) in [5.41, 5.74) is 1.60. The van der Waals surface area contributed by atoms with Gasteiger partial charge in [0.25, 0.3) is 0 Å². The van der Waals surface area contributed by atoms with Crippen molar-refractivity contribution in [1.82, 2.24) is 4.90 Å². The van der Waals surface area contributed by atoms with Crippen LogP contribution in [0, 0.1) is 18.8 Å². The van der Waals surface area contributed by atoms with Crippen LogP contribution in [0.3, 0.4) is 0 Å². The second kappa shape index (κ2) is 5.02. The van der Waals surface area contributed by atoms with E-state index in [1.807, 2.05) is 36.1 Å². The quantitative estimate of drug-likeness (QED) is 0.851. The number of benzene rings is 1. The fourth-order valence-corrected chi connectivity index (χ4v) is 3.82. The van der Waals surface area contributed by atoms with E-state index in [2.05, 4.69) is 5.32 Å². The summed E-state index contributed by atoms with van der Waals surface area (Å²) in [6, 6.07) is 7.54. The van der Waals surface area contributed by atoms with Crippen LogP contribution >= 0.6 is 0 Å². The van der Waals surface area contributed by atoms with E-state index < -0.39 is 0 Å². The number of anilines is 1. The number of amides is 2. The summed E-state index contributed by atoms with van der Waals surface area (Å²) in [7, 11) is 0. The van der Waals surface area contributed by atoms with Gasteiger partial charge in [-0.2, -0.15) is 0 Å². The first-order chi connectivity index (χ1) is 10.6. The Balaban J connectivity index is 1.49. The molecule has 2 unspecified atom stereocenters. The topological polar surface area (TPSA) is 65.7 Å². The van der Waals surface area contributed by atoms with Gasteiger partial charge in [0.2, 0.25) is 0 Å². The number of furan rings is 1. The number of fused-ring (bicyclic) bond motifs is 3. The molecule has 5 nitrogen and oxygen atoms in total. The van der Waals surface area contributed by atoms with Gasteiger partial charge in [-0.3, -0.25) is 0 Å². The number of piperidine rings is 1. The van der Waals surface area contributed by atoms with E-state index in [4.69, 9.17) is 4.42 Å². The standard InChI is InChI=1S/C17H20N2O3/c1-10-6-13-7-14(4-5-15(13)22-10)18-17(21)19-8-11-2-3-12(9-19)16(11)20/h4-7,11-12,16,20H,2-3,8-9H2,1H3,(H,18,21). The number of rotatable bonds is 1. The van der Waals surface area contributed by atoms with Crippen LogP contribution in [0.15, 0.2) is 28.7 Å². The molecule has 1 saturated carbocycles. The molecule has 1 aromatic heterocycles. The van der Waals surface area contributed by atoms with Gasteiger partial charge in [0.05, 0.1) is 6.10 Å². The van der Waals surface area contributed by atoms with Crippen LogP contribution in [-0.4, -0.2) is 35.2 Å². The van der Waals surface area contributed by atoms with Crippen molar-refractivity contribution in [3.63, 3.8) is 0 Å². The van der Waals surface area contributed by atoms with Crippen LogP contribution in [0.4, 0.5) is 10.5 Å². The van der Waals surface area contributed by atoms with Crippen LogP contribution in [0.5, 0.6) is 0 Å². The van der Waals surface area contributed by atoms with Crippen LogP contribution in [0.25, 0.3) is 11.0 Å². The molecule has 2 atom stereocenters. The van der Waals surface area contributed by atoms with Gasteiger partial charge in [-0.05, 0) is 44.0 Å². The fourth-order valence-electron chi connectivity index (χ4n) is 3.82. The van der Waals surface area contributed by atoms with Crippen molar-refractivity contribution in [2.24, 2.45) is 11.8 Å². The number of carbonyl (C=O) groups excluding carboxylic acids is 1. The van der Waals surface area contributed by atoms with Crippen LogP contribution in [0.2, 0.25) is 0 Å². The average molecular weight is 300 g/mol. The van der Waals surface area contributed by atoms with Gasteiger partial charge in [-0.1, -0.05) is 0 Å². The minimum atomic E-state index is -0.227. The van der Waals surface area contributed by atoms with Crippen molar-refractivity contribution in [3.8, 4) is 0 Å². The summed E-state index contributed by atoms with van der Waals surface area (Å²) >= 11 is 0. The van der Waals surface area contributed by atoms with Crippen molar-refractivity contribution in [2.45, 2.75) is 25.9 Å². The van der Waals surface area contributed by atoms with Crippen molar-refractivity contribution in [3.05, 3.63) is 30.0 Å². The maximum absolute atomic E-state index is 12.4. The van der Waals surface area contributed by atoms with E-state index in [9.17, 15) is 9.90 Å². The van der Waals surface area contributed by atoms with Gasteiger partial charge in [0, 0.05) is 36.0 Å². The lowest BCUT2D eigenvalue weighted by Crippen LogP contribution is -2.48. The smallest absolute Gasteiger partial charge is 0.321 e. The molecule has 1 aromatic carbocycles. The number of urea groups is 1. The second-order valence-electron chi connectivity index (χ2n) is 6.53. The molecule has 2 N–H and O–H groups in total. The second-order valence-corrected chi connectivity index (χ2v) is 6.53. The van der Waals surface area contributed by atoms with Gasteiger partial charge in [-0.25, -0.2) is 4.79 Å². The molecule has 2 aromatic rings. The van der Waals surface area contributed by atoms with Crippen molar-refractivity contribution in [2.75, 3.05) is 18.4 Å². The molecule has 2 amide bonds. The highest BCUT2D eigenvalue weighted by Crippen LogP contribution is 2.37. The van der Waals surface area contributed by atoms with Crippen molar-refractivity contribution >= 4 is 22.7 Å². The lowest BCUT2D eigenvalue weighted by molar-refractivity contribution is 0.0326. The Bertz CT molecular complexity index is 710. The van der Waals surface area contributed by atoms with Gasteiger partial charge >= 0.3 is 6.03 Å². The van der Waals surface area contributed by atoms with E-state index in [1.165, 1.54) is 0 Å². The lowest BCUT2D eigenvalue weighted by atomic mass is 9.95. The SMILES string of the molecule is Cc1cc2cc(NC(=O)N3CC4CCC(C3)C4O)ccc2o1. The molecule has 1 aliphatic heterocycles. The molecule has 1 saturated heterocycles. The number of nitrogens with one attached hydrogen (secondary N) is 1. The third kappa shape index (κ3) is 2.25. The first kappa shape index (κ1) is 13.6. The van der Waals surface area contributed by atoms with E-state index in [0.717, 1.165) is 35.3 Å². The Labute approximate surface area is 128 Å². The number of nitrogens with zero attached hydrogens (tertiary/aromatic N) is 1. The van der Waals surface area contributed by atoms with Crippen LogP contribution in [-0.2, 0) is 0 Å². The Morgan fingerprint density at radius 3 is 2.73 bits per heavy atom. The van der Waals surface area contributed by atoms with Crippen molar-refractivity contribution in [1.29, 1.82) is 0 Å². The Morgan fingerprint density at radius 2 is 2.00 bits per heavy atom. The summed E-state index contributed by atoms with van der Waals surface area (Å²) in [6.45, 7) is 3.21. The molecule has 1 aliphatic carbocycles. The summed E-state index contributed by atoms with van der Waals surface area (Å²) in [5, 5.41) is 14.0. The molecule has 5 heteroatoms. The minimum Gasteiger partial charge on any atom is -0.461 e. The molecule has 0 spiro atoms. The predicted molar refractivity (Wildman–Crippen MR) is 83.8 cm³/mol. The third-order valence-corrected chi connectivity index (χ3v) is 4.96. The van der Waals surface area contributed by atoms with E-state index in [1.54, 1.807) is 0 Å². The van der Waals surface area contributed by atoms with E-state index in [0.29, 0.717) is 13.1 Å². The number of aryl methyl sites for hydroxylation is 1. The van der Waals surface area contributed by atoms with Crippen molar-refractivity contribution < 1.29 is 14.3 Å². The number of likely N-dealkylation sites (tertiary alicyclic amines) is 1. The van der Waals surface area contributed by atoms with Gasteiger partial charge in [0.15, 0.2) is 0 Å². The summed E-state index contributed by atoms with van der Waals surface area (Å²) in [5.74, 6) is 1.34. The first-order valence-electron chi connectivity index (χ1n) is 7.84. The molecule has 2 bridgehead atoms. The number of carbonyl (C=O) groups is 1. The Morgan fingerprint density at radius 1 is 1.27 bits per heavy atom.